The van der Waals surface area contributed by atoms with Crippen molar-refractivity contribution < 1.29 is 0 Å². The Bertz CT molecular complexity index is 2430. The minimum atomic E-state index is 0.630. The second-order valence-corrected chi connectivity index (χ2v) is 11.4. The van der Waals surface area contributed by atoms with Gasteiger partial charge in [-0.3, -0.25) is 9.13 Å². The Hall–Kier alpha value is -6.51. The minimum absolute atomic E-state index is 0.630. The number of nitriles is 1. The first-order chi connectivity index (χ1) is 22.8. The largest absolute Gasteiger partial charge is 0.294 e. The second kappa shape index (κ2) is 10.3. The van der Waals surface area contributed by atoms with Gasteiger partial charge in [-0.05, 0) is 76.9 Å². The van der Waals surface area contributed by atoms with Gasteiger partial charge in [-0.15, -0.1) is 0 Å². The van der Waals surface area contributed by atoms with Crippen LogP contribution in [0.15, 0.2) is 152 Å². The van der Waals surface area contributed by atoms with E-state index in [1.54, 1.807) is 0 Å². The number of para-hydroxylation sites is 3. The summed E-state index contributed by atoms with van der Waals surface area (Å²) in [5.41, 5.74) is 8.82. The van der Waals surface area contributed by atoms with E-state index in [0.717, 1.165) is 66.9 Å². The smallest absolute Gasteiger partial charge is 0.146 e. The van der Waals surface area contributed by atoms with Crippen LogP contribution < -0.4 is 0 Å². The topological polar surface area (TPSA) is 59.4 Å². The molecule has 5 nitrogen and oxygen atoms in total. The lowest BCUT2D eigenvalue weighted by Gasteiger charge is -2.16. The summed E-state index contributed by atoms with van der Waals surface area (Å²) >= 11 is 0. The van der Waals surface area contributed by atoms with Crippen LogP contribution in [0.3, 0.4) is 0 Å². The van der Waals surface area contributed by atoms with Crippen LogP contribution in [0.25, 0.3) is 77.6 Å². The molecule has 0 N–H and O–H groups in total. The van der Waals surface area contributed by atoms with Crippen molar-refractivity contribution in [1.82, 2.24) is 19.1 Å². The number of nitrogens with zero attached hydrogens (tertiary/aromatic N) is 5. The van der Waals surface area contributed by atoms with Gasteiger partial charge < -0.3 is 0 Å². The van der Waals surface area contributed by atoms with Crippen molar-refractivity contribution in [3.8, 4) is 40.0 Å². The highest BCUT2D eigenvalue weighted by molar-refractivity contribution is 6.10. The standard InChI is InChI=1S/C41H25N5/c42-26-27-11-9-12-28(23-27)30-13-1-2-14-31(30)29-24-39(45-36-19-6-3-15-32(36)33-16-4-7-20-37(33)45)44-40(25-29)46-38-21-8-5-17-34(38)35-18-10-22-43-41(35)46/h1-25H. The van der Waals surface area contributed by atoms with E-state index in [4.69, 9.17) is 9.97 Å². The lowest BCUT2D eigenvalue weighted by Crippen LogP contribution is -2.05. The van der Waals surface area contributed by atoms with Gasteiger partial charge in [0.25, 0.3) is 0 Å². The molecule has 0 unspecified atom stereocenters. The van der Waals surface area contributed by atoms with Crippen LogP contribution in [0, 0.1) is 11.3 Å². The van der Waals surface area contributed by atoms with E-state index in [-0.39, 0.29) is 0 Å². The van der Waals surface area contributed by atoms with Crippen LogP contribution in [0.2, 0.25) is 0 Å². The van der Waals surface area contributed by atoms with Gasteiger partial charge in [-0.25, -0.2) is 9.97 Å². The lowest BCUT2D eigenvalue weighted by atomic mass is 9.94. The molecule has 0 aliphatic heterocycles. The highest BCUT2D eigenvalue weighted by Crippen LogP contribution is 2.38. The predicted molar refractivity (Wildman–Crippen MR) is 186 cm³/mol. The van der Waals surface area contributed by atoms with E-state index < -0.39 is 0 Å². The average Bonchev–Trinajstić information content (AvgIpc) is 3.65. The van der Waals surface area contributed by atoms with Crippen molar-refractivity contribution in [2.75, 3.05) is 0 Å². The van der Waals surface area contributed by atoms with Gasteiger partial charge in [0.05, 0.1) is 28.2 Å². The van der Waals surface area contributed by atoms with Gasteiger partial charge in [0, 0.05) is 27.7 Å². The van der Waals surface area contributed by atoms with Crippen molar-refractivity contribution >= 4 is 43.7 Å². The first kappa shape index (κ1) is 25.9. The lowest BCUT2D eigenvalue weighted by molar-refractivity contribution is 1.00. The van der Waals surface area contributed by atoms with Crippen LogP contribution in [0.4, 0.5) is 0 Å². The molecule has 46 heavy (non-hydrogen) atoms. The van der Waals surface area contributed by atoms with Crippen LogP contribution >= 0.6 is 0 Å². The number of hydrogen-bond donors (Lipinski definition) is 0. The maximum Gasteiger partial charge on any atom is 0.146 e. The summed E-state index contributed by atoms with van der Waals surface area (Å²) in [4.78, 5) is 10.3. The Labute approximate surface area is 264 Å². The summed E-state index contributed by atoms with van der Waals surface area (Å²) in [6.07, 6.45) is 1.84. The number of pyridine rings is 2. The molecule has 0 atom stereocenters. The van der Waals surface area contributed by atoms with Crippen molar-refractivity contribution in [3.05, 3.63) is 157 Å². The number of rotatable bonds is 4. The molecule has 0 saturated carbocycles. The molecule has 0 radical (unpaired) electrons. The summed E-state index contributed by atoms with van der Waals surface area (Å²) in [5, 5.41) is 14.2. The maximum absolute atomic E-state index is 9.66. The molecular formula is C41H25N5. The number of benzene rings is 5. The molecule has 9 aromatic rings. The van der Waals surface area contributed by atoms with E-state index >= 15 is 0 Å². The Morgan fingerprint density at radius 1 is 0.478 bits per heavy atom. The van der Waals surface area contributed by atoms with E-state index in [1.165, 1.54) is 10.8 Å². The zero-order valence-electron chi connectivity index (χ0n) is 24.7. The Morgan fingerprint density at radius 3 is 1.70 bits per heavy atom. The highest BCUT2D eigenvalue weighted by atomic mass is 15.2. The van der Waals surface area contributed by atoms with Gasteiger partial charge in [0.15, 0.2) is 0 Å². The quantitative estimate of drug-likeness (QED) is 0.206. The molecule has 0 aliphatic rings. The summed E-state index contributed by atoms with van der Waals surface area (Å²) < 4.78 is 4.43. The van der Waals surface area contributed by atoms with Gasteiger partial charge in [-0.2, -0.15) is 5.26 Å². The predicted octanol–water partition coefficient (Wildman–Crippen LogP) is 9.88. The molecule has 9 rings (SSSR count). The van der Waals surface area contributed by atoms with Gasteiger partial charge >= 0.3 is 0 Å². The normalized spacial score (nSPS) is 11.5. The summed E-state index contributed by atoms with van der Waals surface area (Å²) in [5.74, 6) is 1.59. The van der Waals surface area contributed by atoms with Gasteiger partial charge in [0.1, 0.15) is 17.3 Å². The van der Waals surface area contributed by atoms with Crippen molar-refractivity contribution in [3.63, 3.8) is 0 Å². The summed E-state index contributed by atoms with van der Waals surface area (Å²) in [7, 11) is 0. The van der Waals surface area contributed by atoms with E-state index in [1.807, 2.05) is 36.5 Å². The van der Waals surface area contributed by atoms with Gasteiger partial charge in [-0.1, -0.05) is 91.0 Å². The molecule has 0 bridgehead atoms. The molecule has 5 heteroatoms. The highest BCUT2D eigenvalue weighted by Gasteiger charge is 2.19. The summed E-state index contributed by atoms with van der Waals surface area (Å²) in [6, 6.07) is 52.3. The van der Waals surface area contributed by atoms with Crippen LogP contribution in [-0.4, -0.2) is 19.1 Å². The number of fused-ring (bicyclic) bond motifs is 6. The monoisotopic (exact) mass is 587 g/mol. The Balaban J connectivity index is 1.40. The Morgan fingerprint density at radius 2 is 1.02 bits per heavy atom. The van der Waals surface area contributed by atoms with E-state index in [2.05, 4.69) is 130 Å². The molecule has 5 aromatic carbocycles. The zero-order chi connectivity index (χ0) is 30.6. The molecular weight excluding hydrogens is 562 g/mol. The van der Waals surface area contributed by atoms with Crippen LogP contribution in [-0.2, 0) is 0 Å². The SMILES string of the molecule is N#Cc1cccc(-c2ccccc2-c2cc(-n3c4ccccc4c4ccccc43)nc(-n3c4ccccc4c4cccnc43)c2)c1. The molecule has 0 saturated heterocycles. The van der Waals surface area contributed by atoms with Crippen LogP contribution in [0.5, 0.6) is 0 Å². The molecule has 0 spiro atoms. The molecule has 0 amide bonds. The Kier molecular flexibility index (Phi) is 5.81. The third-order valence-electron chi connectivity index (χ3n) is 8.81. The first-order valence-electron chi connectivity index (χ1n) is 15.2. The summed E-state index contributed by atoms with van der Waals surface area (Å²) in [6.45, 7) is 0. The van der Waals surface area contributed by atoms with Gasteiger partial charge in [0.2, 0.25) is 0 Å². The maximum atomic E-state index is 9.66. The fraction of sp³-hybridized carbons (Fsp3) is 0. The number of aromatic nitrogens is 4. The van der Waals surface area contributed by atoms with Crippen molar-refractivity contribution in [2.45, 2.75) is 0 Å². The van der Waals surface area contributed by atoms with E-state index in [9.17, 15) is 5.26 Å². The molecule has 4 aromatic heterocycles. The van der Waals surface area contributed by atoms with Crippen molar-refractivity contribution in [2.24, 2.45) is 0 Å². The molecule has 214 valence electrons. The number of hydrogen-bond acceptors (Lipinski definition) is 3. The average molecular weight is 588 g/mol. The molecule has 0 aliphatic carbocycles. The third-order valence-corrected chi connectivity index (χ3v) is 8.81. The minimum Gasteiger partial charge on any atom is -0.294 e. The van der Waals surface area contributed by atoms with Crippen molar-refractivity contribution in [1.29, 1.82) is 5.26 Å². The first-order valence-corrected chi connectivity index (χ1v) is 15.2. The second-order valence-electron chi connectivity index (χ2n) is 11.4. The molecule has 4 heterocycles. The fourth-order valence-corrected chi connectivity index (χ4v) is 6.83. The molecule has 0 fully saturated rings. The fourth-order valence-electron chi connectivity index (χ4n) is 6.83. The zero-order valence-corrected chi connectivity index (χ0v) is 24.7. The van der Waals surface area contributed by atoms with Crippen LogP contribution in [0.1, 0.15) is 5.56 Å². The van der Waals surface area contributed by atoms with E-state index in [0.29, 0.717) is 5.56 Å². The third kappa shape index (κ3) is 3.94.